The highest BCUT2D eigenvalue weighted by Gasteiger charge is 2.29. The number of sulfonamides is 2. The average Bonchev–Trinajstić information content (AvgIpc) is 3.32. The van der Waals surface area contributed by atoms with Crippen LogP contribution in [0.25, 0.3) is 0 Å². The van der Waals surface area contributed by atoms with E-state index in [4.69, 9.17) is 4.74 Å². The Bertz CT molecular complexity index is 1210. The number of aryl methyl sites for hydroxylation is 1. The molecule has 9 nitrogen and oxygen atoms in total. The van der Waals surface area contributed by atoms with Crippen LogP contribution in [0.3, 0.4) is 0 Å². The van der Waals surface area contributed by atoms with Crippen molar-refractivity contribution in [2.24, 2.45) is 0 Å². The minimum atomic E-state index is -3.69. The van der Waals surface area contributed by atoms with E-state index >= 15 is 0 Å². The third-order valence-electron chi connectivity index (χ3n) is 5.54. The second kappa shape index (κ2) is 10.7. The van der Waals surface area contributed by atoms with Crippen molar-refractivity contribution in [1.82, 2.24) is 9.62 Å². The van der Waals surface area contributed by atoms with Crippen LogP contribution in [0.2, 0.25) is 0 Å². The molecule has 2 aromatic rings. The maximum Gasteiger partial charge on any atom is 0.243 e. The van der Waals surface area contributed by atoms with Crippen LogP contribution in [0.4, 0.5) is 5.69 Å². The standard InChI is InChI=1S/C23H31N3O6S2/c1-18-7-6-8-20(17-18)26(33(3,28)29)19(2)23(27)24-13-16-32-21-9-11-22(12-10-21)34(30,31)25-14-4-5-15-25/h6-12,17,19H,4-5,13-16H2,1-3H3,(H,24,27)/t19-/m1/s1. The fourth-order valence-electron chi connectivity index (χ4n) is 3.85. The number of anilines is 1. The van der Waals surface area contributed by atoms with E-state index in [-0.39, 0.29) is 18.0 Å². The fourth-order valence-corrected chi connectivity index (χ4v) is 6.53. The zero-order valence-electron chi connectivity index (χ0n) is 19.6. The van der Waals surface area contributed by atoms with Crippen LogP contribution in [-0.4, -0.2) is 65.6 Å². The number of carbonyl (C=O) groups excluding carboxylic acids is 1. The lowest BCUT2D eigenvalue weighted by Gasteiger charge is -2.28. The first-order valence-electron chi connectivity index (χ1n) is 11.1. The molecule has 34 heavy (non-hydrogen) atoms. The molecule has 1 N–H and O–H groups in total. The molecule has 0 unspecified atom stereocenters. The molecule has 1 aliphatic heterocycles. The van der Waals surface area contributed by atoms with Gasteiger partial charge in [0.05, 0.1) is 23.4 Å². The summed E-state index contributed by atoms with van der Waals surface area (Å²) in [5.74, 6) is 0.0165. The number of nitrogens with one attached hydrogen (secondary N) is 1. The van der Waals surface area contributed by atoms with Crippen molar-refractivity contribution in [2.45, 2.75) is 37.6 Å². The van der Waals surface area contributed by atoms with Gasteiger partial charge in [0.1, 0.15) is 18.4 Å². The van der Waals surface area contributed by atoms with Gasteiger partial charge in [0.15, 0.2) is 0 Å². The Kier molecular flexibility index (Phi) is 8.21. The van der Waals surface area contributed by atoms with E-state index in [1.54, 1.807) is 30.3 Å². The number of benzene rings is 2. The molecule has 1 amide bonds. The van der Waals surface area contributed by atoms with Crippen molar-refractivity contribution in [3.05, 3.63) is 54.1 Å². The highest BCUT2D eigenvalue weighted by atomic mass is 32.2. The molecule has 11 heteroatoms. The van der Waals surface area contributed by atoms with E-state index in [1.165, 1.54) is 23.4 Å². The van der Waals surface area contributed by atoms with E-state index in [1.807, 2.05) is 13.0 Å². The van der Waals surface area contributed by atoms with Gasteiger partial charge in [-0.15, -0.1) is 0 Å². The van der Waals surface area contributed by atoms with E-state index in [9.17, 15) is 21.6 Å². The minimum absolute atomic E-state index is 0.139. The number of hydrogen-bond acceptors (Lipinski definition) is 6. The van der Waals surface area contributed by atoms with Crippen molar-refractivity contribution in [2.75, 3.05) is 36.8 Å². The van der Waals surface area contributed by atoms with Crippen LogP contribution in [0.5, 0.6) is 5.75 Å². The third kappa shape index (κ3) is 6.28. The summed E-state index contributed by atoms with van der Waals surface area (Å²) in [4.78, 5) is 12.9. The quantitative estimate of drug-likeness (QED) is 0.491. The van der Waals surface area contributed by atoms with E-state index in [0.717, 1.165) is 29.0 Å². The lowest BCUT2D eigenvalue weighted by atomic mass is 10.2. The molecular weight excluding hydrogens is 478 g/mol. The van der Waals surface area contributed by atoms with Crippen LogP contribution in [0.1, 0.15) is 25.3 Å². The molecule has 1 aliphatic rings. The number of amides is 1. The molecule has 0 saturated carbocycles. The van der Waals surface area contributed by atoms with Crippen molar-refractivity contribution >= 4 is 31.6 Å². The molecule has 1 atom stereocenters. The van der Waals surface area contributed by atoms with Crippen LogP contribution >= 0.6 is 0 Å². The lowest BCUT2D eigenvalue weighted by molar-refractivity contribution is -0.121. The maximum absolute atomic E-state index is 12.6. The predicted octanol–water partition coefficient (Wildman–Crippen LogP) is 2.13. The normalized spacial score (nSPS) is 15.6. The summed E-state index contributed by atoms with van der Waals surface area (Å²) in [6.07, 6.45) is 2.81. The highest BCUT2D eigenvalue weighted by Crippen LogP contribution is 2.23. The van der Waals surface area contributed by atoms with Crippen molar-refractivity contribution in [3.63, 3.8) is 0 Å². The third-order valence-corrected chi connectivity index (χ3v) is 8.70. The highest BCUT2D eigenvalue weighted by molar-refractivity contribution is 7.92. The second-order valence-electron chi connectivity index (χ2n) is 8.30. The maximum atomic E-state index is 12.6. The van der Waals surface area contributed by atoms with Crippen molar-refractivity contribution in [1.29, 1.82) is 0 Å². The number of nitrogens with zero attached hydrogens (tertiary/aromatic N) is 2. The van der Waals surface area contributed by atoms with Gasteiger partial charge in [-0.25, -0.2) is 16.8 Å². The van der Waals surface area contributed by atoms with Gasteiger partial charge < -0.3 is 10.1 Å². The molecule has 1 saturated heterocycles. The molecule has 0 spiro atoms. The van der Waals surface area contributed by atoms with Gasteiger partial charge in [-0.1, -0.05) is 12.1 Å². The summed E-state index contributed by atoms with van der Waals surface area (Å²) in [5.41, 5.74) is 1.30. The Balaban J connectivity index is 1.54. The van der Waals surface area contributed by atoms with Gasteiger partial charge in [0.2, 0.25) is 26.0 Å². The molecule has 186 valence electrons. The Morgan fingerprint density at radius 3 is 2.32 bits per heavy atom. The molecule has 2 aromatic carbocycles. The molecule has 1 heterocycles. The zero-order valence-corrected chi connectivity index (χ0v) is 21.2. The number of hydrogen-bond donors (Lipinski definition) is 1. The van der Waals surface area contributed by atoms with Gasteiger partial charge in [-0.2, -0.15) is 4.31 Å². The molecule has 0 radical (unpaired) electrons. The summed E-state index contributed by atoms with van der Waals surface area (Å²) in [6, 6.07) is 12.2. The van der Waals surface area contributed by atoms with E-state index in [0.29, 0.717) is 24.5 Å². The number of rotatable bonds is 10. The molecule has 0 aliphatic carbocycles. The summed E-state index contributed by atoms with van der Waals surface area (Å²) < 4.78 is 58.1. The Morgan fingerprint density at radius 1 is 1.09 bits per heavy atom. The monoisotopic (exact) mass is 509 g/mol. The minimum Gasteiger partial charge on any atom is -0.492 e. The zero-order chi connectivity index (χ0) is 24.9. The van der Waals surface area contributed by atoms with Gasteiger partial charge >= 0.3 is 0 Å². The number of ether oxygens (including phenoxy) is 1. The molecular formula is C23H31N3O6S2. The van der Waals surface area contributed by atoms with Gasteiger partial charge in [-0.05, 0) is 68.7 Å². The molecule has 3 rings (SSSR count). The largest absolute Gasteiger partial charge is 0.492 e. The first kappa shape index (κ1) is 26.0. The van der Waals surface area contributed by atoms with E-state index < -0.39 is 32.0 Å². The van der Waals surface area contributed by atoms with Crippen molar-refractivity contribution < 1.29 is 26.4 Å². The fraction of sp³-hybridized carbons (Fsp3) is 0.435. The number of carbonyl (C=O) groups is 1. The first-order valence-corrected chi connectivity index (χ1v) is 14.4. The predicted molar refractivity (Wildman–Crippen MR) is 131 cm³/mol. The van der Waals surface area contributed by atoms with Gasteiger partial charge in [-0.3, -0.25) is 9.10 Å². The van der Waals surface area contributed by atoms with Gasteiger partial charge in [0, 0.05) is 13.1 Å². The SMILES string of the molecule is Cc1cccc(N([C@H](C)C(=O)NCCOc2ccc(S(=O)(=O)N3CCCC3)cc2)S(C)(=O)=O)c1. The summed E-state index contributed by atoms with van der Waals surface area (Å²) in [7, 11) is -7.17. The molecule has 0 bridgehead atoms. The second-order valence-corrected chi connectivity index (χ2v) is 12.1. The summed E-state index contributed by atoms with van der Waals surface area (Å²) in [5, 5.41) is 2.69. The van der Waals surface area contributed by atoms with Crippen LogP contribution in [0.15, 0.2) is 53.4 Å². The lowest BCUT2D eigenvalue weighted by Crippen LogP contribution is -2.48. The smallest absolute Gasteiger partial charge is 0.243 e. The van der Waals surface area contributed by atoms with Crippen LogP contribution in [0, 0.1) is 6.92 Å². The first-order chi connectivity index (χ1) is 16.0. The summed E-state index contributed by atoms with van der Waals surface area (Å²) >= 11 is 0. The van der Waals surface area contributed by atoms with E-state index in [2.05, 4.69) is 5.32 Å². The topological polar surface area (TPSA) is 113 Å². The Labute approximate surface area is 201 Å². The average molecular weight is 510 g/mol. The van der Waals surface area contributed by atoms with Gasteiger partial charge in [0.25, 0.3) is 0 Å². The molecule has 1 fully saturated rings. The Hall–Kier alpha value is -2.63. The van der Waals surface area contributed by atoms with Crippen molar-refractivity contribution in [3.8, 4) is 5.75 Å². The van der Waals surface area contributed by atoms with Crippen LogP contribution in [-0.2, 0) is 24.8 Å². The Morgan fingerprint density at radius 2 is 1.74 bits per heavy atom. The summed E-state index contributed by atoms with van der Waals surface area (Å²) in [6.45, 7) is 4.75. The molecule has 0 aromatic heterocycles. The van der Waals surface area contributed by atoms with Crippen LogP contribution < -0.4 is 14.4 Å².